The van der Waals surface area contributed by atoms with Gasteiger partial charge >= 0.3 is 12.8 Å². The number of piperazine rings is 1. The summed E-state index contributed by atoms with van der Waals surface area (Å²) >= 11 is 0. The van der Waals surface area contributed by atoms with Gasteiger partial charge in [0.25, 0.3) is 10.0 Å². The second-order valence-electron chi connectivity index (χ2n) is 10.6. The van der Waals surface area contributed by atoms with Gasteiger partial charge < -0.3 is 19.8 Å². The Morgan fingerprint density at radius 2 is 1.69 bits per heavy atom. The second kappa shape index (κ2) is 12.0. The topological polar surface area (TPSA) is 117 Å². The number of rotatable bonds is 8. The van der Waals surface area contributed by atoms with E-state index in [4.69, 9.17) is 0 Å². The van der Waals surface area contributed by atoms with Crippen LogP contribution in [0, 0.1) is 17.1 Å². The van der Waals surface area contributed by atoms with Crippen molar-refractivity contribution in [2.75, 3.05) is 48.6 Å². The van der Waals surface area contributed by atoms with Crippen LogP contribution in [0.3, 0.4) is 0 Å². The molecule has 0 amide bonds. The van der Waals surface area contributed by atoms with Gasteiger partial charge in [0, 0.05) is 25.7 Å². The lowest BCUT2D eigenvalue weighted by Gasteiger charge is -2.51. The molecule has 2 aliphatic rings. The van der Waals surface area contributed by atoms with Crippen LogP contribution in [-0.4, -0.2) is 81.1 Å². The van der Waals surface area contributed by atoms with Gasteiger partial charge in [0.05, 0.1) is 53.7 Å². The smallest absolute Gasteiger partial charge is 0.416 e. The number of anilines is 2. The molecule has 240 valence electrons. The number of aliphatic hydroxyl groups excluding tert-OH is 2. The van der Waals surface area contributed by atoms with Crippen molar-refractivity contribution in [3.63, 3.8) is 0 Å². The van der Waals surface area contributed by atoms with E-state index in [0.29, 0.717) is 11.8 Å². The zero-order chi connectivity index (χ0) is 32.7. The summed E-state index contributed by atoms with van der Waals surface area (Å²) in [6, 6.07) is 11.8. The molecule has 0 bridgehead atoms. The number of halogens is 6. The fourth-order valence-corrected chi connectivity index (χ4v) is 7.19. The minimum Gasteiger partial charge on any atom is -0.435 e. The normalized spacial score (nSPS) is 17.6. The molecule has 1 saturated heterocycles. The molecule has 0 spiro atoms. The van der Waals surface area contributed by atoms with Gasteiger partial charge in [-0.05, 0) is 53.6 Å². The molecule has 3 aromatic carbocycles. The third-order valence-electron chi connectivity index (χ3n) is 7.93. The van der Waals surface area contributed by atoms with Crippen molar-refractivity contribution in [3.05, 3.63) is 72.0 Å². The minimum atomic E-state index is -4.83. The lowest BCUT2D eigenvalue weighted by molar-refractivity contribution is -0.137. The fraction of sp³-hybridized carbons (Fsp3) is 0.345. The monoisotopic (exact) mass is 656 g/mol. The Balaban J connectivity index is 1.64. The van der Waals surface area contributed by atoms with Gasteiger partial charge in [-0.1, -0.05) is 12.1 Å². The molecule has 0 radical (unpaired) electrons. The first-order valence-corrected chi connectivity index (χ1v) is 14.9. The van der Waals surface area contributed by atoms with Crippen molar-refractivity contribution >= 4 is 21.4 Å². The molecule has 3 aromatic rings. The van der Waals surface area contributed by atoms with Crippen LogP contribution in [0.15, 0.2) is 65.6 Å². The maximum Gasteiger partial charge on any atom is 0.416 e. The van der Waals surface area contributed by atoms with Crippen molar-refractivity contribution in [1.82, 2.24) is 4.90 Å². The summed E-state index contributed by atoms with van der Waals surface area (Å²) in [5.41, 5.74) is -2.18. The van der Waals surface area contributed by atoms with E-state index in [9.17, 15) is 50.2 Å². The Bertz CT molecular complexity index is 1730. The number of alkyl halides is 5. The largest absolute Gasteiger partial charge is 0.435 e. The van der Waals surface area contributed by atoms with Crippen molar-refractivity contribution in [2.45, 2.75) is 29.3 Å². The summed E-state index contributed by atoms with van der Waals surface area (Å²) in [5.74, 6) is -1.38. The number of fused-ring (bicyclic) bond motifs is 3. The molecule has 1 fully saturated rings. The van der Waals surface area contributed by atoms with E-state index in [2.05, 4.69) is 4.74 Å². The van der Waals surface area contributed by atoms with E-state index >= 15 is 0 Å². The van der Waals surface area contributed by atoms with Crippen LogP contribution < -0.4 is 13.9 Å². The Hall–Kier alpha value is -4.04. The Kier molecular flexibility index (Phi) is 8.66. The summed E-state index contributed by atoms with van der Waals surface area (Å²) in [5, 5.41) is 29.6. The summed E-state index contributed by atoms with van der Waals surface area (Å²) in [6.07, 6.45) is -4.83. The lowest BCUT2D eigenvalue weighted by atomic mass is 9.96. The van der Waals surface area contributed by atoms with Gasteiger partial charge in [0.2, 0.25) is 0 Å². The van der Waals surface area contributed by atoms with Crippen LogP contribution in [0.2, 0.25) is 0 Å². The van der Waals surface area contributed by atoms with Crippen molar-refractivity contribution < 1.29 is 49.7 Å². The number of hydrogen-bond acceptors (Lipinski definition) is 8. The summed E-state index contributed by atoms with van der Waals surface area (Å²) < 4.78 is 114. The van der Waals surface area contributed by atoms with E-state index < -0.39 is 69.6 Å². The number of nitrogens with zero attached hydrogens (tertiary/aromatic N) is 4. The first-order chi connectivity index (χ1) is 21.2. The minimum absolute atomic E-state index is 0.00268. The Morgan fingerprint density at radius 3 is 2.33 bits per heavy atom. The molecule has 2 N–H and O–H groups in total. The van der Waals surface area contributed by atoms with E-state index in [1.807, 2.05) is 11.0 Å². The molecule has 0 aromatic heterocycles. The summed E-state index contributed by atoms with van der Waals surface area (Å²) in [7, 11) is -4.68. The van der Waals surface area contributed by atoms with Crippen molar-refractivity contribution in [3.8, 4) is 22.9 Å². The average Bonchev–Trinajstić information content (AvgIpc) is 3.00. The highest BCUT2D eigenvalue weighted by molar-refractivity contribution is 7.92. The molecule has 9 nitrogen and oxygen atoms in total. The maximum absolute atomic E-state index is 14.4. The molecule has 45 heavy (non-hydrogen) atoms. The molecular formula is C29H26F6N4O5S. The van der Waals surface area contributed by atoms with E-state index in [1.54, 1.807) is 0 Å². The van der Waals surface area contributed by atoms with Crippen LogP contribution >= 0.6 is 0 Å². The Morgan fingerprint density at radius 1 is 0.956 bits per heavy atom. The van der Waals surface area contributed by atoms with Gasteiger partial charge in [0.15, 0.2) is 5.54 Å². The fourth-order valence-electron chi connectivity index (χ4n) is 5.63. The van der Waals surface area contributed by atoms with Gasteiger partial charge in [-0.3, -0.25) is 9.21 Å². The van der Waals surface area contributed by atoms with Crippen LogP contribution in [0.4, 0.5) is 37.7 Å². The van der Waals surface area contributed by atoms with Gasteiger partial charge in [-0.2, -0.15) is 27.2 Å². The molecule has 0 unspecified atom stereocenters. The highest BCUT2D eigenvalue weighted by Gasteiger charge is 2.45. The number of benzene rings is 3. The highest BCUT2D eigenvalue weighted by Crippen LogP contribution is 2.43. The first kappa shape index (κ1) is 32.4. The third-order valence-corrected chi connectivity index (χ3v) is 9.70. The average molecular weight is 657 g/mol. The van der Waals surface area contributed by atoms with Crippen LogP contribution in [0.25, 0.3) is 11.1 Å². The molecule has 2 aliphatic heterocycles. The number of ether oxygens (including phenoxy) is 1. The number of nitriles is 1. The SMILES string of the molecule is N#CC(CO)(CO)N1CCN2c3ccc(-c4cc(F)cc(OC(F)F)c4)cc3N(S(=O)(=O)c3cccc(C(F)(F)F)c3)C[C@@H]2C1. The van der Waals surface area contributed by atoms with Crippen molar-refractivity contribution in [1.29, 1.82) is 5.26 Å². The molecule has 1 atom stereocenters. The maximum atomic E-state index is 14.4. The number of aliphatic hydroxyl groups is 2. The van der Waals surface area contributed by atoms with E-state index in [-0.39, 0.29) is 43.0 Å². The molecule has 0 aliphatic carbocycles. The van der Waals surface area contributed by atoms with E-state index in [1.165, 1.54) is 23.1 Å². The van der Waals surface area contributed by atoms with E-state index in [0.717, 1.165) is 40.7 Å². The van der Waals surface area contributed by atoms with Gasteiger partial charge in [-0.15, -0.1) is 0 Å². The standard InChI is InChI=1S/C29H26F6N4O5S/c30-21-8-19(9-23(12-21)44-27(31)32)18-4-5-25-26(10-18)39(45(42,43)24-3-1-2-20(11-24)29(33,34)35)14-22-13-37(6-7-38(22)25)28(15-36,16-40)17-41/h1-5,8-12,22,27,40-41H,6-7,13-14,16-17H2/t22-/m0/s1. The predicted molar refractivity (Wildman–Crippen MR) is 150 cm³/mol. The summed E-state index contributed by atoms with van der Waals surface area (Å²) in [6.45, 7) is -4.55. The predicted octanol–water partition coefficient (Wildman–Crippen LogP) is 4.06. The van der Waals surface area contributed by atoms with Gasteiger partial charge in [-0.25, -0.2) is 12.8 Å². The Labute approximate surface area is 254 Å². The molecule has 16 heteroatoms. The third kappa shape index (κ3) is 6.12. The second-order valence-corrected chi connectivity index (χ2v) is 12.4. The zero-order valence-corrected chi connectivity index (χ0v) is 24.1. The van der Waals surface area contributed by atoms with Gasteiger partial charge in [0.1, 0.15) is 11.6 Å². The number of hydrogen-bond donors (Lipinski definition) is 2. The molecule has 0 saturated carbocycles. The molecular weight excluding hydrogens is 630 g/mol. The molecule has 5 rings (SSSR count). The quantitative estimate of drug-likeness (QED) is 0.349. The van der Waals surface area contributed by atoms with Crippen LogP contribution in [-0.2, 0) is 16.2 Å². The lowest BCUT2D eigenvalue weighted by Crippen LogP contribution is -2.66. The highest BCUT2D eigenvalue weighted by atomic mass is 32.2. The number of sulfonamides is 1. The van der Waals surface area contributed by atoms with Crippen LogP contribution in [0.5, 0.6) is 5.75 Å². The summed E-state index contributed by atoms with van der Waals surface area (Å²) in [4.78, 5) is 2.71. The first-order valence-electron chi connectivity index (χ1n) is 13.5. The molecule has 2 heterocycles. The van der Waals surface area contributed by atoms with Crippen molar-refractivity contribution in [2.24, 2.45) is 0 Å². The van der Waals surface area contributed by atoms with Crippen LogP contribution in [0.1, 0.15) is 5.56 Å². The zero-order valence-electron chi connectivity index (χ0n) is 23.3.